The quantitative estimate of drug-likeness (QED) is 0.786. The van der Waals surface area contributed by atoms with Crippen molar-refractivity contribution in [3.63, 3.8) is 0 Å². The Morgan fingerprint density at radius 3 is 2.92 bits per heavy atom. The van der Waals surface area contributed by atoms with E-state index in [2.05, 4.69) is 20.2 Å². The highest BCUT2D eigenvalue weighted by atomic mass is 32.2. The molecule has 0 saturated carbocycles. The van der Waals surface area contributed by atoms with Crippen LogP contribution in [0.4, 0.5) is 0 Å². The van der Waals surface area contributed by atoms with Crippen molar-refractivity contribution in [1.29, 1.82) is 0 Å². The first kappa shape index (κ1) is 8.25. The second-order valence-corrected chi connectivity index (χ2v) is 3.46. The van der Waals surface area contributed by atoms with Gasteiger partial charge in [0.25, 0.3) is 0 Å². The maximum Gasteiger partial charge on any atom is 0.214 e. The van der Waals surface area contributed by atoms with E-state index in [1.165, 1.54) is 11.8 Å². The van der Waals surface area contributed by atoms with Crippen LogP contribution in [0.3, 0.4) is 0 Å². The predicted octanol–water partition coefficient (Wildman–Crippen LogP) is 1.66. The van der Waals surface area contributed by atoms with Crippen LogP contribution in [0.25, 0.3) is 0 Å². The van der Waals surface area contributed by atoms with Crippen LogP contribution in [0.5, 0.6) is 0 Å². The van der Waals surface area contributed by atoms with Crippen LogP contribution in [-0.4, -0.2) is 20.2 Å². The maximum absolute atomic E-state index is 4.16. The lowest BCUT2D eigenvalue weighted by atomic mass is 10.5. The Labute approximate surface area is 79.8 Å². The summed E-state index contributed by atoms with van der Waals surface area (Å²) in [6, 6.07) is 5.75. The largest absolute Gasteiger partial charge is 0.262 e. The van der Waals surface area contributed by atoms with Gasteiger partial charge in [0, 0.05) is 6.20 Å². The summed E-state index contributed by atoms with van der Waals surface area (Å²) in [5, 5.41) is 8.39. The summed E-state index contributed by atoms with van der Waals surface area (Å²) in [5.41, 5.74) is 0. The van der Waals surface area contributed by atoms with Crippen LogP contribution in [-0.2, 0) is 0 Å². The molecule has 0 fully saturated rings. The monoisotopic (exact) mass is 192 g/mol. The molecular weight excluding hydrogens is 184 g/mol. The molecule has 13 heavy (non-hydrogen) atoms. The molecule has 2 aromatic heterocycles. The van der Waals surface area contributed by atoms with Gasteiger partial charge in [-0.1, -0.05) is 6.07 Å². The Morgan fingerprint density at radius 2 is 2.31 bits per heavy atom. The Hall–Kier alpha value is -1.36. The second-order valence-electron chi connectivity index (χ2n) is 2.47. The Kier molecular flexibility index (Phi) is 2.27. The average molecular weight is 192 g/mol. The van der Waals surface area contributed by atoms with Gasteiger partial charge in [-0.25, -0.2) is 9.97 Å². The molecule has 66 valence electrons. The van der Waals surface area contributed by atoms with E-state index in [0.29, 0.717) is 5.16 Å². The summed E-state index contributed by atoms with van der Waals surface area (Å²) < 4.78 is 0. The molecule has 0 radical (unpaired) electrons. The van der Waals surface area contributed by atoms with Crippen LogP contribution >= 0.6 is 11.8 Å². The van der Waals surface area contributed by atoms with E-state index in [-0.39, 0.29) is 0 Å². The Balaban J connectivity index is 2.15. The van der Waals surface area contributed by atoms with Crippen LogP contribution in [0, 0.1) is 6.92 Å². The molecule has 2 heterocycles. The molecule has 0 unspecified atom stereocenters. The molecule has 2 aromatic rings. The van der Waals surface area contributed by atoms with E-state index in [0.717, 1.165) is 10.9 Å². The number of nitrogens with zero attached hydrogens (tertiary/aromatic N) is 3. The molecular formula is C8H8N4S. The van der Waals surface area contributed by atoms with Crippen molar-refractivity contribution in [1.82, 2.24) is 20.2 Å². The number of aryl methyl sites for hydroxylation is 1. The number of hydrogen-bond donors (Lipinski definition) is 1. The molecule has 0 aliphatic heterocycles. The zero-order valence-electron chi connectivity index (χ0n) is 7.06. The van der Waals surface area contributed by atoms with E-state index < -0.39 is 0 Å². The third-order valence-electron chi connectivity index (χ3n) is 1.41. The summed E-state index contributed by atoms with van der Waals surface area (Å²) in [6.45, 7) is 1.87. The Morgan fingerprint density at radius 1 is 1.38 bits per heavy atom. The molecule has 0 aromatic carbocycles. The van der Waals surface area contributed by atoms with Gasteiger partial charge in [0.1, 0.15) is 10.9 Å². The lowest BCUT2D eigenvalue weighted by molar-refractivity contribution is 0.964. The molecule has 2 rings (SSSR count). The molecule has 0 bridgehead atoms. The summed E-state index contributed by atoms with van der Waals surface area (Å²) in [6.07, 6.45) is 1.75. The first-order valence-electron chi connectivity index (χ1n) is 3.82. The van der Waals surface area contributed by atoms with E-state index in [4.69, 9.17) is 0 Å². The molecule has 0 aliphatic carbocycles. The summed E-state index contributed by atoms with van der Waals surface area (Å²) in [5.74, 6) is 0.818. The fourth-order valence-electron chi connectivity index (χ4n) is 0.869. The summed E-state index contributed by atoms with van der Waals surface area (Å²) in [7, 11) is 0. The van der Waals surface area contributed by atoms with E-state index >= 15 is 0 Å². The van der Waals surface area contributed by atoms with Crippen molar-refractivity contribution < 1.29 is 0 Å². The third-order valence-corrected chi connectivity index (χ3v) is 2.23. The molecule has 0 saturated heterocycles. The van der Waals surface area contributed by atoms with Crippen molar-refractivity contribution in [2.75, 3.05) is 0 Å². The number of H-pyrrole nitrogens is 1. The molecule has 1 N–H and O–H groups in total. The van der Waals surface area contributed by atoms with Gasteiger partial charge in [0.05, 0.1) is 0 Å². The van der Waals surface area contributed by atoms with Crippen molar-refractivity contribution >= 4 is 11.8 Å². The minimum absolute atomic E-state index is 0.705. The average Bonchev–Trinajstić information content (AvgIpc) is 2.53. The highest BCUT2D eigenvalue weighted by Crippen LogP contribution is 2.20. The summed E-state index contributed by atoms with van der Waals surface area (Å²) in [4.78, 5) is 8.31. The van der Waals surface area contributed by atoms with Crippen LogP contribution in [0.2, 0.25) is 0 Å². The zero-order chi connectivity index (χ0) is 9.10. The standard InChI is InChI=1S/C8H8N4S/c1-6-10-8(12-11-6)13-7-4-2-3-5-9-7/h2-5H,1H3,(H,10,11,12). The number of rotatable bonds is 2. The molecule has 5 heteroatoms. The minimum atomic E-state index is 0.705. The predicted molar refractivity (Wildman–Crippen MR) is 49.5 cm³/mol. The molecule has 4 nitrogen and oxygen atoms in total. The maximum atomic E-state index is 4.16. The highest BCUT2D eigenvalue weighted by Gasteiger charge is 2.02. The summed E-state index contributed by atoms with van der Waals surface area (Å²) >= 11 is 1.44. The molecule has 0 spiro atoms. The number of aromatic nitrogens is 4. The van der Waals surface area contributed by atoms with Crippen LogP contribution in [0.1, 0.15) is 5.82 Å². The van der Waals surface area contributed by atoms with E-state index in [1.54, 1.807) is 6.20 Å². The van der Waals surface area contributed by atoms with Gasteiger partial charge in [-0.05, 0) is 30.8 Å². The van der Waals surface area contributed by atoms with Crippen molar-refractivity contribution in [2.45, 2.75) is 17.1 Å². The van der Waals surface area contributed by atoms with Crippen LogP contribution < -0.4 is 0 Å². The fraction of sp³-hybridized carbons (Fsp3) is 0.125. The number of nitrogens with one attached hydrogen (secondary N) is 1. The topological polar surface area (TPSA) is 54.5 Å². The first-order chi connectivity index (χ1) is 6.34. The van der Waals surface area contributed by atoms with Gasteiger partial charge in [-0.2, -0.15) is 0 Å². The lowest BCUT2D eigenvalue weighted by Crippen LogP contribution is -1.79. The van der Waals surface area contributed by atoms with Crippen LogP contribution in [0.15, 0.2) is 34.6 Å². The first-order valence-corrected chi connectivity index (χ1v) is 4.64. The van der Waals surface area contributed by atoms with Gasteiger partial charge < -0.3 is 0 Å². The van der Waals surface area contributed by atoms with Gasteiger partial charge in [-0.15, -0.1) is 5.10 Å². The van der Waals surface area contributed by atoms with E-state index in [9.17, 15) is 0 Å². The smallest absolute Gasteiger partial charge is 0.214 e. The molecule has 0 aliphatic rings. The fourth-order valence-corrected chi connectivity index (χ4v) is 1.59. The van der Waals surface area contributed by atoms with Gasteiger partial charge in [0.15, 0.2) is 0 Å². The molecule has 0 amide bonds. The minimum Gasteiger partial charge on any atom is -0.262 e. The van der Waals surface area contributed by atoms with Crippen molar-refractivity contribution in [2.24, 2.45) is 0 Å². The van der Waals surface area contributed by atoms with E-state index in [1.807, 2.05) is 25.1 Å². The number of aromatic amines is 1. The van der Waals surface area contributed by atoms with Crippen molar-refractivity contribution in [3.8, 4) is 0 Å². The SMILES string of the molecule is Cc1nc(Sc2ccccn2)n[nH]1. The normalized spacial score (nSPS) is 10.2. The van der Waals surface area contributed by atoms with Crippen molar-refractivity contribution in [3.05, 3.63) is 30.2 Å². The Bertz CT molecular complexity index is 384. The second kappa shape index (κ2) is 3.57. The molecule has 0 atom stereocenters. The highest BCUT2D eigenvalue weighted by molar-refractivity contribution is 7.99. The zero-order valence-corrected chi connectivity index (χ0v) is 7.88. The van der Waals surface area contributed by atoms with Gasteiger partial charge in [-0.3, -0.25) is 5.10 Å². The number of hydrogen-bond acceptors (Lipinski definition) is 4. The number of pyridine rings is 1. The lowest BCUT2D eigenvalue weighted by Gasteiger charge is -1.92. The van der Waals surface area contributed by atoms with Gasteiger partial charge in [0.2, 0.25) is 5.16 Å². The van der Waals surface area contributed by atoms with Gasteiger partial charge >= 0.3 is 0 Å². The third kappa shape index (κ3) is 2.06.